The fourth-order valence-corrected chi connectivity index (χ4v) is 2.92. The normalized spacial score (nSPS) is 10.8. The molecule has 0 spiro atoms. The first-order chi connectivity index (χ1) is 12.4. The summed E-state index contributed by atoms with van der Waals surface area (Å²) < 4.78 is 0.971. The molecule has 7 heteroatoms. The fourth-order valence-electron chi connectivity index (χ4n) is 2.56. The Balaban J connectivity index is 1.77. The van der Waals surface area contributed by atoms with Gasteiger partial charge in [-0.25, -0.2) is 4.98 Å². The number of nitrogens with two attached hydrogens (primary N) is 1. The molecule has 3 rings (SSSR count). The van der Waals surface area contributed by atoms with Gasteiger partial charge in [-0.15, -0.1) is 0 Å². The average molecular weight is 413 g/mol. The summed E-state index contributed by atoms with van der Waals surface area (Å²) >= 11 is 3.49. The Hall–Kier alpha value is -2.80. The number of halogens is 1. The highest BCUT2D eigenvalue weighted by molar-refractivity contribution is 9.10. The molecule has 0 fully saturated rings. The minimum absolute atomic E-state index is 0.225. The molecule has 0 aliphatic rings. The summed E-state index contributed by atoms with van der Waals surface area (Å²) in [7, 11) is 0. The van der Waals surface area contributed by atoms with Crippen LogP contribution in [-0.2, 0) is 0 Å². The zero-order valence-electron chi connectivity index (χ0n) is 14.6. The van der Waals surface area contributed by atoms with Crippen molar-refractivity contribution in [3.05, 3.63) is 58.7 Å². The lowest BCUT2D eigenvalue weighted by molar-refractivity contribution is 0.731. The van der Waals surface area contributed by atoms with Crippen LogP contribution >= 0.6 is 15.9 Å². The van der Waals surface area contributed by atoms with Gasteiger partial charge in [-0.1, -0.05) is 22.0 Å². The number of nitrogens with zero attached hydrogens (tertiary/aromatic N) is 1. The van der Waals surface area contributed by atoms with E-state index in [0.29, 0.717) is 11.7 Å². The molecular formula is C19H21BrN6. The molecule has 0 aliphatic heterocycles. The van der Waals surface area contributed by atoms with E-state index < -0.39 is 0 Å². The van der Waals surface area contributed by atoms with Gasteiger partial charge in [-0.3, -0.25) is 10.8 Å². The Labute approximate surface area is 160 Å². The Kier molecular flexibility index (Phi) is 5.27. The highest BCUT2D eigenvalue weighted by atomic mass is 79.9. The molecule has 0 amide bonds. The quantitative estimate of drug-likeness (QED) is 0.244. The van der Waals surface area contributed by atoms with E-state index in [1.807, 2.05) is 56.3 Å². The van der Waals surface area contributed by atoms with Crippen LogP contribution in [0.2, 0.25) is 0 Å². The van der Waals surface area contributed by atoms with E-state index in [9.17, 15) is 0 Å². The molecule has 0 unspecified atom stereocenters. The number of anilines is 3. The predicted molar refractivity (Wildman–Crippen MR) is 113 cm³/mol. The Morgan fingerprint density at radius 3 is 2.54 bits per heavy atom. The van der Waals surface area contributed by atoms with Gasteiger partial charge in [-0.05, 0) is 50.2 Å². The third kappa shape index (κ3) is 4.05. The molecule has 3 aromatic rings. The van der Waals surface area contributed by atoms with Gasteiger partial charge in [0.05, 0.1) is 5.69 Å². The first-order valence-electron chi connectivity index (χ1n) is 8.25. The zero-order valence-corrected chi connectivity index (χ0v) is 16.2. The Bertz CT molecular complexity index is 931. The second-order valence-electron chi connectivity index (χ2n) is 6.25. The van der Waals surface area contributed by atoms with Crippen LogP contribution in [0, 0.1) is 5.41 Å². The Morgan fingerprint density at radius 2 is 1.85 bits per heavy atom. The lowest BCUT2D eigenvalue weighted by atomic mass is 10.1. The van der Waals surface area contributed by atoms with Crippen LogP contribution in [0.4, 0.5) is 17.2 Å². The largest absolute Gasteiger partial charge is 0.382 e. The summed E-state index contributed by atoms with van der Waals surface area (Å²) in [5.41, 5.74) is 14.8. The third-order valence-electron chi connectivity index (χ3n) is 3.82. The molecule has 2 aromatic carbocycles. The van der Waals surface area contributed by atoms with Crippen molar-refractivity contribution < 1.29 is 0 Å². The maximum absolute atomic E-state index is 8.03. The highest BCUT2D eigenvalue weighted by Gasteiger charge is 2.08. The lowest BCUT2D eigenvalue weighted by Gasteiger charge is -2.15. The van der Waals surface area contributed by atoms with Gasteiger partial charge in [0, 0.05) is 33.0 Å². The molecule has 1 heterocycles. The van der Waals surface area contributed by atoms with Crippen LogP contribution in [0.25, 0.3) is 10.8 Å². The second-order valence-corrected chi connectivity index (χ2v) is 7.17. The van der Waals surface area contributed by atoms with Gasteiger partial charge >= 0.3 is 0 Å². The standard InChI is InChI=1S/C19H21BrN6/c1-11(2)24-18(21)12-4-7-15(8-5-12)25-26-17-16-9-14(20)6-3-13(16)10-23-19(17)22/h3-11,25-26H,1-2H3,(H2,21,24)(H2,22,23). The number of rotatable bonds is 5. The third-order valence-corrected chi connectivity index (χ3v) is 4.32. The highest BCUT2D eigenvalue weighted by Crippen LogP contribution is 2.30. The van der Waals surface area contributed by atoms with Crippen molar-refractivity contribution in [1.29, 1.82) is 5.41 Å². The van der Waals surface area contributed by atoms with E-state index in [2.05, 4.69) is 37.1 Å². The first-order valence-corrected chi connectivity index (χ1v) is 9.04. The number of hydrogen-bond donors (Lipinski definition) is 5. The minimum atomic E-state index is 0.225. The van der Waals surface area contributed by atoms with Crippen molar-refractivity contribution in [1.82, 2.24) is 10.3 Å². The number of amidine groups is 1. The molecule has 6 nitrogen and oxygen atoms in total. The molecule has 0 radical (unpaired) electrons. The summed E-state index contributed by atoms with van der Waals surface area (Å²) in [6, 6.07) is 13.8. The molecule has 0 aliphatic carbocycles. The number of pyridine rings is 1. The van der Waals surface area contributed by atoms with Crippen molar-refractivity contribution in [2.45, 2.75) is 19.9 Å². The summed E-state index contributed by atoms with van der Waals surface area (Å²) in [5, 5.41) is 13.1. The summed E-state index contributed by atoms with van der Waals surface area (Å²) in [6.07, 6.45) is 1.75. The number of aromatic nitrogens is 1. The van der Waals surface area contributed by atoms with Gasteiger partial charge in [0.1, 0.15) is 17.3 Å². The van der Waals surface area contributed by atoms with Crippen LogP contribution in [-0.4, -0.2) is 16.9 Å². The molecule has 1 aromatic heterocycles. The predicted octanol–water partition coefficient (Wildman–Crippen LogP) is 4.34. The van der Waals surface area contributed by atoms with Crippen molar-refractivity contribution in [2.75, 3.05) is 16.6 Å². The molecule has 134 valence electrons. The SMILES string of the molecule is CC(C)NC(=N)c1ccc(NNc2c(N)ncc3ccc(Br)cc23)cc1. The maximum Gasteiger partial charge on any atom is 0.149 e. The maximum atomic E-state index is 8.03. The number of benzene rings is 2. The number of fused-ring (bicyclic) bond motifs is 1. The topological polar surface area (TPSA) is 98.9 Å². The van der Waals surface area contributed by atoms with Gasteiger partial charge < -0.3 is 16.5 Å². The van der Waals surface area contributed by atoms with Crippen LogP contribution in [0.15, 0.2) is 53.1 Å². The van der Waals surface area contributed by atoms with Crippen LogP contribution in [0.5, 0.6) is 0 Å². The van der Waals surface area contributed by atoms with Crippen LogP contribution in [0.3, 0.4) is 0 Å². The number of nitrogen functional groups attached to an aromatic ring is 1. The van der Waals surface area contributed by atoms with E-state index in [-0.39, 0.29) is 6.04 Å². The fraction of sp³-hybridized carbons (Fsp3) is 0.158. The number of nitrogens with one attached hydrogen (secondary N) is 4. The monoisotopic (exact) mass is 412 g/mol. The molecule has 6 N–H and O–H groups in total. The zero-order chi connectivity index (χ0) is 18.7. The molecule has 0 saturated heterocycles. The molecule has 0 bridgehead atoms. The average Bonchev–Trinajstić information content (AvgIpc) is 2.60. The lowest BCUT2D eigenvalue weighted by Crippen LogP contribution is -2.30. The van der Waals surface area contributed by atoms with Gasteiger partial charge in [0.15, 0.2) is 0 Å². The van der Waals surface area contributed by atoms with Gasteiger partial charge in [-0.2, -0.15) is 0 Å². The minimum Gasteiger partial charge on any atom is -0.382 e. The molecule has 0 atom stereocenters. The second kappa shape index (κ2) is 7.61. The van der Waals surface area contributed by atoms with Crippen molar-refractivity contribution in [3.8, 4) is 0 Å². The van der Waals surface area contributed by atoms with E-state index in [4.69, 9.17) is 11.1 Å². The van der Waals surface area contributed by atoms with E-state index in [1.165, 1.54) is 0 Å². The van der Waals surface area contributed by atoms with Crippen LogP contribution in [0.1, 0.15) is 19.4 Å². The van der Waals surface area contributed by atoms with Gasteiger partial charge in [0.25, 0.3) is 0 Å². The molecule has 26 heavy (non-hydrogen) atoms. The Morgan fingerprint density at radius 1 is 1.12 bits per heavy atom. The summed E-state index contributed by atoms with van der Waals surface area (Å²) in [6.45, 7) is 4.02. The van der Waals surface area contributed by atoms with Crippen LogP contribution < -0.4 is 21.9 Å². The number of hydrogen-bond acceptors (Lipinski definition) is 5. The summed E-state index contributed by atoms with van der Waals surface area (Å²) in [5.74, 6) is 0.828. The van der Waals surface area contributed by atoms with Crippen molar-refractivity contribution in [2.24, 2.45) is 0 Å². The van der Waals surface area contributed by atoms with E-state index >= 15 is 0 Å². The molecular weight excluding hydrogens is 392 g/mol. The van der Waals surface area contributed by atoms with Crippen molar-refractivity contribution in [3.63, 3.8) is 0 Å². The first kappa shape index (κ1) is 18.0. The smallest absolute Gasteiger partial charge is 0.149 e. The summed E-state index contributed by atoms with van der Waals surface area (Å²) in [4.78, 5) is 4.24. The van der Waals surface area contributed by atoms with E-state index in [0.717, 1.165) is 32.2 Å². The van der Waals surface area contributed by atoms with E-state index in [1.54, 1.807) is 6.20 Å². The van der Waals surface area contributed by atoms with Gasteiger partial charge in [0.2, 0.25) is 0 Å². The number of hydrazine groups is 1. The molecule has 0 saturated carbocycles. The van der Waals surface area contributed by atoms with Crippen molar-refractivity contribution >= 4 is 49.7 Å².